The van der Waals surface area contributed by atoms with Gasteiger partial charge in [-0.3, -0.25) is 0 Å². The normalized spacial score (nSPS) is 11.0. The van der Waals surface area contributed by atoms with E-state index in [2.05, 4.69) is 27.1 Å². The number of aromatic hydroxyl groups is 1. The van der Waals surface area contributed by atoms with Gasteiger partial charge in [-0.05, 0) is 23.3 Å². The van der Waals surface area contributed by atoms with Crippen LogP contribution in [0.1, 0.15) is 11.3 Å². The van der Waals surface area contributed by atoms with Crippen molar-refractivity contribution < 1.29 is 5.11 Å². The minimum absolute atomic E-state index is 0.0271. The molecule has 0 aliphatic rings. The van der Waals surface area contributed by atoms with E-state index in [0.717, 1.165) is 28.0 Å². The molecule has 3 aromatic heterocycles. The summed E-state index contributed by atoms with van der Waals surface area (Å²) in [4.78, 5) is 16.9. The number of benzene rings is 2. The van der Waals surface area contributed by atoms with Crippen LogP contribution in [0, 0.1) is 0 Å². The lowest BCUT2D eigenvalue weighted by molar-refractivity contribution is 0.455. The predicted molar refractivity (Wildman–Crippen MR) is 113 cm³/mol. The fourth-order valence-electron chi connectivity index (χ4n) is 3.56. The molecular formula is C24H18N4O. The van der Waals surface area contributed by atoms with Crippen LogP contribution in [0.4, 0.5) is 0 Å². The molecule has 5 aromatic rings. The van der Waals surface area contributed by atoms with Crippen molar-refractivity contribution in [2.45, 2.75) is 6.42 Å². The Bertz CT molecular complexity index is 1280. The van der Waals surface area contributed by atoms with Gasteiger partial charge in [-0.25, -0.2) is 15.0 Å². The predicted octanol–water partition coefficient (Wildman–Crippen LogP) is 4.98. The molecule has 140 valence electrons. The Morgan fingerprint density at radius 2 is 1.59 bits per heavy atom. The number of rotatable bonds is 4. The Balaban J connectivity index is 1.72. The van der Waals surface area contributed by atoms with Gasteiger partial charge in [-0.1, -0.05) is 60.7 Å². The van der Waals surface area contributed by atoms with Crippen LogP contribution in [0.15, 0.2) is 85.2 Å². The third-order valence-corrected chi connectivity index (χ3v) is 4.90. The lowest BCUT2D eigenvalue weighted by Gasteiger charge is -2.06. The van der Waals surface area contributed by atoms with Gasteiger partial charge in [-0.2, -0.15) is 0 Å². The number of pyridine rings is 1. The second-order valence-corrected chi connectivity index (χ2v) is 6.84. The molecule has 0 unspecified atom stereocenters. The summed E-state index contributed by atoms with van der Waals surface area (Å²) in [5, 5.41) is 10.3. The molecule has 5 heteroatoms. The van der Waals surface area contributed by atoms with E-state index >= 15 is 0 Å². The van der Waals surface area contributed by atoms with Gasteiger partial charge in [0, 0.05) is 18.2 Å². The number of aromatic nitrogens is 4. The van der Waals surface area contributed by atoms with Crippen molar-refractivity contribution in [3.05, 3.63) is 96.4 Å². The van der Waals surface area contributed by atoms with Crippen molar-refractivity contribution in [3.8, 4) is 28.3 Å². The lowest BCUT2D eigenvalue weighted by atomic mass is 10.0. The summed E-state index contributed by atoms with van der Waals surface area (Å²) in [5.41, 5.74) is 6.82. The number of aromatic amines is 1. The first-order valence-corrected chi connectivity index (χ1v) is 9.41. The molecule has 0 atom stereocenters. The van der Waals surface area contributed by atoms with Gasteiger partial charge in [0.15, 0.2) is 5.65 Å². The van der Waals surface area contributed by atoms with E-state index in [1.165, 1.54) is 5.56 Å². The van der Waals surface area contributed by atoms with Crippen LogP contribution in [0.25, 0.3) is 33.5 Å². The van der Waals surface area contributed by atoms with Crippen molar-refractivity contribution in [1.82, 2.24) is 19.9 Å². The molecule has 29 heavy (non-hydrogen) atoms. The van der Waals surface area contributed by atoms with Gasteiger partial charge < -0.3 is 10.1 Å². The standard InChI is InChI=1S/C24H18N4O/c29-24-19(12-7-13-25-24)21-20(17-10-5-2-6-11-17)22-23(28-21)26-15-18(27-22)14-16-8-3-1-4-9-16/h1-13,15H,14H2,(H,25,29)(H,26,28). The maximum Gasteiger partial charge on any atom is 0.220 e. The number of hydrogen-bond acceptors (Lipinski definition) is 4. The zero-order valence-corrected chi connectivity index (χ0v) is 15.6. The average Bonchev–Trinajstić information content (AvgIpc) is 3.14. The number of H-pyrrole nitrogens is 1. The second-order valence-electron chi connectivity index (χ2n) is 6.84. The van der Waals surface area contributed by atoms with Crippen LogP contribution in [0.5, 0.6) is 5.88 Å². The summed E-state index contributed by atoms with van der Waals surface area (Å²) >= 11 is 0. The van der Waals surface area contributed by atoms with Gasteiger partial charge in [0.1, 0.15) is 5.52 Å². The zero-order chi connectivity index (χ0) is 19.6. The van der Waals surface area contributed by atoms with Crippen LogP contribution >= 0.6 is 0 Å². The van der Waals surface area contributed by atoms with E-state index in [1.54, 1.807) is 18.5 Å². The first-order valence-electron chi connectivity index (χ1n) is 9.41. The van der Waals surface area contributed by atoms with Gasteiger partial charge >= 0.3 is 0 Å². The smallest absolute Gasteiger partial charge is 0.220 e. The summed E-state index contributed by atoms with van der Waals surface area (Å²) in [6.07, 6.45) is 4.07. The Hall–Kier alpha value is -3.99. The fourth-order valence-corrected chi connectivity index (χ4v) is 3.56. The van der Waals surface area contributed by atoms with Crippen molar-refractivity contribution in [2.24, 2.45) is 0 Å². The Morgan fingerprint density at radius 1 is 0.828 bits per heavy atom. The number of fused-ring (bicyclic) bond motifs is 1. The molecule has 0 bridgehead atoms. The average molecular weight is 378 g/mol. The Labute approximate surface area is 167 Å². The minimum Gasteiger partial charge on any atom is -0.493 e. The molecule has 2 N–H and O–H groups in total. The number of nitrogens with zero attached hydrogens (tertiary/aromatic N) is 3. The summed E-state index contributed by atoms with van der Waals surface area (Å²) in [5.74, 6) is -0.0271. The highest BCUT2D eigenvalue weighted by atomic mass is 16.3. The van der Waals surface area contributed by atoms with Gasteiger partial charge in [0.2, 0.25) is 5.88 Å². The quantitative estimate of drug-likeness (QED) is 0.462. The first-order chi connectivity index (χ1) is 14.3. The highest BCUT2D eigenvalue weighted by Crippen LogP contribution is 2.39. The van der Waals surface area contributed by atoms with E-state index in [9.17, 15) is 5.11 Å². The van der Waals surface area contributed by atoms with Gasteiger partial charge in [-0.15, -0.1) is 0 Å². The molecule has 5 rings (SSSR count). The molecule has 0 saturated carbocycles. The fraction of sp³-hybridized carbons (Fsp3) is 0.0417. The van der Waals surface area contributed by atoms with Crippen LogP contribution in [-0.2, 0) is 6.42 Å². The van der Waals surface area contributed by atoms with Crippen LogP contribution in [0.2, 0.25) is 0 Å². The molecular weight excluding hydrogens is 360 g/mol. The van der Waals surface area contributed by atoms with Crippen molar-refractivity contribution in [3.63, 3.8) is 0 Å². The third kappa shape index (κ3) is 3.23. The maximum absolute atomic E-state index is 10.3. The molecule has 5 nitrogen and oxygen atoms in total. The minimum atomic E-state index is -0.0271. The molecule has 0 amide bonds. The molecule has 2 aromatic carbocycles. The summed E-state index contributed by atoms with van der Waals surface area (Å²) in [7, 11) is 0. The highest BCUT2D eigenvalue weighted by molar-refractivity contribution is 6.00. The van der Waals surface area contributed by atoms with Crippen LogP contribution in [-0.4, -0.2) is 25.0 Å². The van der Waals surface area contributed by atoms with E-state index in [-0.39, 0.29) is 5.88 Å². The molecule has 0 aliphatic carbocycles. The van der Waals surface area contributed by atoms with Gasteiger partial charge in [0.25, 0.3) is 0 Å². The monoisotopic (exact) mass is 378 g/mol. The molecule has 0 radical (unpaired) electrons. The second kappa shape index (κ2) is 7.20. The maximum atomic E-state index is 10.3. The van der Waals surface area contributed by atoms with E-state index in [0.29, 0.717) is 17.6 Å². The highest BCUT2D eigenvalue weighted by Gasteiger charge is 2.20. The van der Waals surface area contributed by atoms with Crippen molar-refractivity contribution >= 4 is 11.2 Å². The van der Waals surface area contributed by atoms with Crippen molar-refractivity contribution in [2.75, 3.05) is 0 Å². The van der Waals surface area contributed by atoms with E-state index in [1.807, 2.05) is 54.6 Å². The number of hydrogen-bond donors (Lipinski definition) is 2. The third-order valence-electron chi connectivity index (χ3n) is 4.90. The van der Waals surface area contributed by atoms with E-state index < -0.39 is 0 Å². The first kappa shape index (κ1) is 17.1. The Morgan fingerprint density at radius 3 is 2.34 bits per heavy atom. The lowest BCUT2D eigenvalue weighted by Crippen LogP contribution is -1.94. The van der Waals surface area contributed by atoms with Crippen molar-refractivity contribution in [1.29, 1.82) is 0 Å². The molecule has 0 aliphatic heterocycles. The SMILES string of the molecule is Oc1ncccc1-c1[nH]c2ncc(Cc3ccccc3)nc2c1-c1ccccc1. The zero-order valence-electron chi connectivity index (χ0n) is 15.6. The molecule has 3 heterocycles. The number of nitrogens with one attached hydrogen (secondary N) is 1. The largest absolute Gasteiger partial charge is 0.493 e. The Kier molecular flexibility index (Phi) is 4.26. The van der Waals surface area contributed by atoms with Gasteiger partial charge in [0.05, 0.1) is 23.1 Å². The summed E-state index contributed by atoms with van der Waals surface area (Å²) < 4.78 is 0. The van der Waals surface area contributed by atoms with Crippen LogP contribution in [0.3, 0.4) is 0 Å². The molecule has 0 saturated heterocycles. The summed E-state index contributed by atoms with van der Waals surface area (Å²) in [6, 6.07) is 23.9. The van der Waals surface area contributed by atoms with E-state index in [4.69, 9.17) is 4.98 Å². The topological polar surface area (TPSA) is 74.7 Å². The molecule has 0 spiro atoms. The molecule has 0 fully saturated rings. The summed E-state index contributed by atoms with van der Waals surface area (Å²) in [6.45, 7) is 0. The van der Waals surface area contributed by atoms with Crippen LogP contribution < -0.4 is 0 Å².